The van der Waals surface area contributed by atoms with Crippen molar-refractivity contribution >= 4 is 55.7 Å². The van der Waals surface area contributed by atoms with Gasteiger partial charge in [-0.15, -0.1) is 0 Å². The summed E-state index contributed by atoms with van der Waals surface area (Å²) in [5.41, 5.74) is 18.5. The molecule has 0 fully saturated rings. The van der Waals surface area contributed by atoms with Gasteiger partial charge in [-0.1, -0.05) is 166 Å². The van der Waals surface area contributed by atoms with E-state index >= 15 is 0 Å². The lowest BCUT2D eigenvalue weighted by atomic mass is 9.88. The van der Waals surface area contributed by atoms with Crippen molar-refractivity contribution in [2.24, 2.45) is 0 Å². The summed E-state index contributed by atoms with van der Waals surface area (Å²) in [5.74, 6) is 2.29. The molecule has 0 bridgehead atoms. The van der Waals surface area contributed by atoms with Gasteiger partial charge < -0.3 is 19.0 Å². The van der Waals surface area contributed by atoms with Crippen LogP contribution in [0, 0.1) is 0 Å². The van der Waals surface area contributed by atoms with Gasteiger partial charge in [-0.2, -0.15) is 0 Å². The molecule has 1 aliphatic rings. The molecule has 3 aromatic heterocycles. The molecule has 0 saturated heterocycles. The standard InChI is InChI=1S/C66H50N4O2/c1-66(2,3)50-36-37-67-62(40-50)70-60-42-53(34-35-56(60)65-64(70)57-28-10-13-33-61(57)72-65)71-52-27-16-26-51(41-52)68-43-69(59-32-12-11-31-58(59)68)63-54(48-24-14-22-46(38-48)44-18-6-4-7-19-44)29-17-30-55(63)49-25-15-23-47(39-49)45-20-8-5-9-21-45/h4-42H,43H2,1-3H3. The van der Waals surface area contributed by atoms with Crippen LogP contribution >= 0.6 is 0 Å². The molecule has 0 unspecified atom stereocenters. The van der Waals surface area contributed by atoms with E-state index in [9.17, 15) is 0 Å². The van der Waals surface area contributed by atoms with Gasteiger partial charge in [0.1, 0.15) is 35.1 Å². The van der Waals surface area contributed by atoms with E-state index in [0.29, 0.717) is 6.67 Å². The van der Waals surface area contributed by atoms with Crippen molar-refractivity contribution in [2.45, 2.75) is 26.2 Å². The molecule has 9 aromatic carbocycles. The van der Waals surface area contributed by atoms with Gasteiger partial charge in [0.25, 0.3) is 0 Å². The highest BCUT2D eigenvalue weighted by Crippen LogP contribution is 2.51. The number of fused-ring (bicyclic) bond motifs is 6. The number of nitrogens with zero attached hydrogens (tertiary/aromatic N) is 4. The summed E-state index contributed by atoms with van der Waals surface area (Å²) in [4.78, 5) is 9.83. The molecule has 0 N–H and O–H groups in total. The molecule has 12 aromatic rings. The van der Waals surface area contributed by atoms with Crippen LogP contribution in [-0.4, -0.2) is 16.2 Å². The van der Waals surface area contributed by atoms with Gasteiger partial charge in [0.15, 0.2) is 5.58 Å². The van der Waals surface area contributed by atoms with Crippen LogP contribution in [0.1, 0.15) is 26.3 Å². The molecule has 1 aliphatic heterocycles. The first kappa shape index (κ1) is 42.9. The van der Waals surface area contributed by atoms with Crippen molar-refractivity contribution in [3.8, 4) is 61.8 Å². The van der Waals surface area contributed by atoms with Crippen LogP contribution in [0.15, 0.2) is 241 Å². The quantitative estimate of drug-likeness (QED) is 0.144. The fraction of sp³-hybridized carbons (Fsp3) is 0.0758. The summed E-state index contributed by atoms with van der Waals surface area (Å²) in [5, 5.41) is 2.04. The Hall–Kier alpha value is -9.13. The largest absolute Gasteiger partial charge is 0.457 e. The maximum absolute atomic E-state index is 6.86. The van der Waals surface area contributed by atoms with Crippen molar-refractivity contribution in [2.75, 3.05) is 16.5 Å². The third-order valence-corrected chi connectivity index (χ3v) is 14.1. The molecule has 13 rings (SSSR count). The van der Waals surface area contributed by atoms with Crippen molar-refractivity contribution < 1.29 is 9.15 Å². The van der Waals surface area contributed by atoms with Gasteiger partial charge in [0.05, 0.1) is 22.6 Å². The minimum Gasteiger partial charge on any atom is -0.457 e. The second-order valence-electron chi connectivity index (χ2n) is 19.6. The Morgan fingerprint density at radius 1 is 0.472 bits per heavy atom. The zero-order chi connectivity index (χ0) is 48.3. The molecule has 0 saturated carbocycles. The Bertz CT molecular complexity index is 3890. The summed E-state index contributed by atoms with van der Waals surface area (Å²) in [6.07, 6.45) is 1.91. The highest BCUT2D eigenvalue weighted by atomic mass is 16.5. The molecule has 0 spiro atoms. The minimum absolute atomic E-state index is 0.0565. The number of furan rings is 1. The van der Waals surface area contributed by atoms with Crippen molar-refractivity contribution in [1.82, 2.24) is 9.55 Å². The SMILES string of the molecule is CC(C)(C)c1ccnc(-n2c3cc(Oc4cccc(N5CN(c6c(-c7cccc(-c8ccccc8)c7)cccc6-c6cccc(-c7ccccc7)c6)c6ccccc65)c4)ccc3c3oc4ccccc4c32)c1. The Morgan fingerprint density at radius 2 is 1.06 bits per heavy atom. The predicted octanol–water partition coefficient (Wildman–Crippen LogP) is 17.9. The van der Waals surface area contributed by atoms with Crippen LogP contribution in [0.5, 0.6) is 11.5 Å². The number of anilines is 4. The molecule has 4 heterocycles. The maximum Gasteiger partial charge on any atom is 0.161 e. The Kier molecular flexibility index (Phi) is 10.4. The summed E-state index contributed by atoms with van der Waals surface area (Å²) in [6.45, 7) is 7.28. The van der Waals surface area contributed by atoms with Gasteiger partial charge >= 0.3 is 0 Å². The zero-order valence-electron chi connectivity index (χ0n) is 40.3. The number of hydrogen-bond acceptors (Lipinski definition) is 5. The Morgan fingerprint density at radius 3 is 1.75 bits per heavy atom. The topological polar surface area (TPSA) is 46.7 Å². The lowest BCUT2D eigenvalue weighted by Crippen LogP contribution is -2.25. The average Bonchev–Trinajstić information content (AvgIpc) is 4.10. The van der Waals surface area contributed by atoms with Crippen LogP contribution in [0.4, 0.5) is 22.7 Å². The highest BCUT2D eigenvalue weighted by Gasteiger charge is 2.32. The molecule has 6 nitrogen and oxygen atoms in total. The second-order valence-corrected chi connectivity index (χ2v) is 19.6. The van der Waals surface area contributed by atoms with E-state index in [2.05, 4.69) is 241 Å². The molecule has 0 atom stereocenters. The van der Waals surface area contributed by atoms with E-state index in [1.165, 1.54) is 27.8 Å². The molecular weight excluding hydrogens is 881 g/mol. The molecule has 72 heavy (non-hydrogen) atoms. The molecule has 0 aliphatic carbocycles. The first-order valence-electron chi connectivity index (χ1n) is 24.6. The third kappa shape index (κ3) is 7.56. The number of aromatic nitrogens is 2. The summed E-state index contributed by atoms with van der Waals surface area (Å²) < 4.78 is 15.7. The third-order valence-electron chi connectivity index (χ3n) is 14.1. The first-order chi connectivity index (χ1) is 35.3. The van der Waals surface area contributed by atoms with E-state index in [1.54, 1.807) is 0 Å². The maximum atomic E-state index is 6.86. The number of pyridine rings is 1. The predicted molar refractivity (Wildman–Crippen MR) is 297 cm³/mol. The van der Waals surface area contributed by atoms with Crippen LogP contribution in [0.3, 0.4) is 0 Å². The molecular formula is C66H50N4O2. The van der Waals surface area contributed by atoms with Crippen molar-refractivity contribution in [1.29, 1.82) is 0 Å². The van der Waals surface area contributed by atoms with Crippen molar-refractivity contribution in [3.63, 3.8) is 0 Å². The highest BCUT2D eigenvalue weighted by molar-refractivity contribution is 6.16. The van der Waals surface area contributed by atoms with Gasteiger partial charge in [-0.3, -0.25) is 4.57 Å². The summed E-state index contributed by atoms with van der Waals surface area (Å²) in [6, 6.07) is 81.9. The molecule has 346 valence electrons. The van der Waals surface area contributed by atoms with E-state index in [1.807, 2.05) is 30.5 Å². The van der Waals surface area contributed by atoms with Crippen molar-refractivity contribution in [3.05, 3.63) is 242 Å². The Labute approximate surface area is 419 Å². The van der Waals surface area contributed by atoms with Gasteiger partial charge in [-0.25, -0.2) is 4.98 Å². The molecule has 0 amide bonds. The van der Waals surface area contributed by atoms with Gasteiger partial charge in [0, 0.05) is 45.9 Å². The van der Waals surface area contributed by atoms with Gasteiger partial charge in [0.2, 0.25) is 0 Å². The smallest absolute Gasteiger partial charge is 0.161 e. The van der Waals surface area contributed by atoms with E-state index in [4.69, 9.17) is 14.1 Å². The second kappa shape index (κ2) is 17.4. The van der Waals surface area contributed by atoms with Crippen LogP contribution < -0.4 is 14.5 Å². The fourth-order valence-corrected chi connectivity index (χ4v) is 10.5. The van der Waals surface area contributed by atoms with E-state index in [0.717, 1.165) is 95.3 Å². The molecule has 6 heteroatoms. The minimum atomic E-state index is -0.0565. The van der Waals surface area contributed by atoms with Crippen LogP contribution in [0.25, 0.3) is 83.3 Å². The number of rotatable bonds is 9. The lowest BCUT2D eigenvalue weighted by molar-refractivity contribution is 0.483. The monoisotopic (exact) mass is 930 g/mol. The van der Waals surface area contributed by atoms with Gasteiger partial charge in [-0.05, 0) is 117 Å². The lowest BCUT2D eigenvalue weighted by Gasteiger charge is -2.27. The van der Waals surface area contributed by atoms with E-state index in [-0.39, 0.29) is 5.41 Å². The van der Waals surface area contributed by atoms with Crippen LogP contribution in [0.2, 0.25) is 0 Å². The number of benzene rings is 9. The van der Waals surface area contributed by atoms with Crippen LogP contribution in [-0.2, 0) is 5.41 Å². The number of para-hydroxylation sites is 4. The Balaban J connectivity index is 0.902. The normalized spacial score (nSPS) is 12.5. The number of ether oxygens (including phenoxy) is 1. The first-order valence-corrected chi connectivity index (χ1v) is 24.6. The fourth-order valence-electron chi connectivity index (χ4n) is 10.5. The summed E-state index contributed by atoms with van der Waals surface area (Å²) >= 11 is 0. The van der Waals surface area contributed by atoms with E-state index < -0.39 is 0 Å². The molecule has 0 radical (unpaired) electrons. The zero-order valence-corrected chi connectivity index (χ0v) is 40.3. The summed E-state index contributed by atoms with van der Waals surface area (Å²) in [7, 11) is 0. The average molecular weight is 931 g/mol. The number of hydrogen-bond donors (Lipinski definition) is 0.